The Morgan fingerprint density at radius 1 is 1.40 bits per heavy atom. The quantitative estimate of drug-likeness (QED) is 0.384. The first-order valence-corrected chi connectivity index (χ1v) is 1.65. The largest absolute Gasteiger partial charge is 1.00 e. The van der Waals surface area contributed by atoms with Crippen LogP contribution < -0.4 is 34.7 Å². The van der Waals surface area contributed by atoms with Gasteiger partial charge in [-0.15, -0.1) is 0 Å². The summed E-state index contributed by atoms with van der Waals surface area (Å²) in [5.41, 5.74) is 0. The Morgan fingerprint density at radius 2 is 1.50 bits per heavy atom. The van der Waals surface area contributed by atoms with Crippen molar-refractivity contribution in [1.82, 2.24) is 0 Å². The van der Waals surface area contributed by atoms with E-state index in [1.807, 2.05) is 0 Å². The summed E-state index contributed by atoms with van der Waals surface area (Å²) in [7, 11) is 0.750. The molecule has 0 bridgehead atoms. The summed E-state index contributed by atoms with van der Waals surface area (Å²) in [4.78, 5) is 8.90. The SMILES string of the molecule is C[O-].O=C(O)C(F)(F)F.[Na+]. The minimum absolute atomic E-state index is 0. The summed E-state index contributed by atoms with van der Waals surface area (Å²) in [6.45, 7) is 0. The second-order valence-electron chi connectivity index (χ2n) is 0.803. The number of carboxylic acid groups (broad SMARTS) is 1. The maximum Gasteiger partial charge on any atom is 1.00 e. The third kappa shape index (κ3) is 11.1. The zero-order valence-electron chi connectivity index (χ0n) is 5.40. The molecule has 10 heavy (non-hydrogen) atoms. The second-order valence-corrected chi connectivity index (χ2v) is 0.803. The van der Waals surface area contributed by atoms with Crippen LogP contribution in [0.4, 0.5) is 13.2 Å². The standard InChI is InChI=1S/C2HF3O2.CH3O.Na/c3-2(4,5)1(6)7;1-2;/h(H,6,7);1H3;/q;-1;+1. The maximum atomic E-state index is 10.6. The van der Waals surface area contributed by atoms with Crippen molar-refractivity contribution in [3.8, 4) is 0 Å². The molecule has 0 amide bonds. The predicted molar refractivity (Wildman–Crippen MR) is 19.6 cm³/mol. The molecule has 0 aromatic heterocycles. The van der Waals surface area contributed by atoms with Crippen molar-refractivity contribution >= 4 is 5.97 Å². The third-order valence-electron chi connectivity index (χ3n) is 0.243. The van der Waals surface area contributed by atoms with E-state index in [1.165, 1.54) is 0 Å². The smallest absolute Gasteiger partial charge is 0.857 e. The molecule has 56 valence electrons. The molecule has 0 fully saturated rings. The number of alkyl halides is 3. The van der Waals surface area contributed by atoms with E-state index < -0.39 is 12.1 Å². The van der Waals surface area contributed by atoms with Gasteiger partial charge in [-0.1, -0.05) is 0 Å². The Balaban J connectivity index is -0.000000149. The Kier molecular flexibility index (Phi) is 12.2. The van der Waals surface area contributed by atoms with Gasteiger partial charge < -0.3 is 10.2 Å². The molecular formula is C3H4F3NaO3. The summed E-state index contributed by atoms with van der Waals surface area (Å²) in [6, 6.07) is 0. The van der Waals surface area contributed by atoms with Crippen molar-refractivity contribution in [2.24, 2.45) is 0 Å². The Bertz CT molecular complexity index is 91.5. The molecule has 0 aliphatic carbocycles. The fourth-order valence-corrected chi connectivity index (χ4v) is 0. The van der Waals surface area contributed by atoms with Crippen LogP contribution in [0, 0.1) is 0 Å². The van der Waals surface area contributed by atoms with Gasteiger partial charge in [0.1, 0.15) is 0 Å². The normalized spacial score (nSPS) is 8.50. The average Bonchev–Trinajstić information content (AvgIpc) is 1.69. The van der Waals surface area contributed by atoms with Crippen LogP contribution in [0.25, 0.3) is 0 Å². The third-order valence-corrected chi connectivity index (χ3v) is 0.243. The Morgan fingerprint density at radius 3 is 1.50 bits per heavy atom. The van der Waals surface area contributed by atoms with Gasteiger partial charge in [0.05, 0.1) is 0 Å². The fraction of sp³-hybridized carbons (Fsp3) is 0.667. The summed E-state index contributed by atoms with van der Waals surface area (Å²) in [6.07, 6.45) is -5.08. The molecule has 0 aromatic carbocycles. The molecule has 0 unspecified atom stereocenters. The molecule has 3 nitrogen and oxygen atoms in total. The number of carbonyl (C=O) groups is 1. The van der Waals surface area contributed by atoms with E-state index in [2.05, 4.69) is 0 Å². The van der Waals surface area contributed by atoms with Crippen LogP contribution in [0.3, 0.4) is 0 Å². The fourth-order valence-electron chi connectivity index (χ4n) is 0. The van der Waals surface area contributed by atoms with Crippen LogP contribution in [0.5, 0.6) is 0 Å². The van der Waals surface area contributed by atoms with Gasteiger partial charge in [-0.3, -0.25) is 0 Å². The van der Waals surface area contributed by atoms with Gasteiger partial charge >= 0.3 is 41.7 Å². The number of hydrogen-bond acceptors (Lipinski definition) is 2. The van der Waals surface area contributed by atoms with Crippen LogP contribution in [-0.2, 0) is 4.79 Å². The molecule has 0 aromatic rings. The van der Waals surface area contributed by atoms with Crippen LogP contribution >= 0.6 is 0 Å². The topological polar surface area (TPSA) is 60.4 Å². The molecule has 0 saturated carbocycles. The monoisotopic (exact) mass is 168 g/mol. The summed E-state index contributed by atoms with van der Waals surface area (Å²) in [5, 5.41) is 15.4. The molecule has 0 aliphatic rings. The molecule has 7 heteroatoms. The molecule has 1 N–H and O–H groups in total. The van der Waals surface area contributed by atoms with E-state index in [0.29, 0.717) is 0 Å². The first-order chi connectivity index (χ1) is 3.94. The van der Waals surface area contributed by atoms with E-state index in [-0.39, 0.29) is 29.6 Å². The zero-order chi connectivity index (χ0) is 8.08. The van der Waals surface area contributed by atoms with Gasteiger partial charge in [0, 0.05) is 0 Å². The Labute approximate surface area is 77.1 Å². The van der Waals surface area contributed by atoms with Gasteiger partial charge in [0.15, 0.2) is 0 Å². The van der Waals surface area contributed by atoms with Crippen molar-refractivity contribution in [3.05, 3.63) is 0 Å². The van der Waals surface area contributed by atoms with Crippen molar-refractivity contribution in [1.29, 1.82) is 0 Å². The number of rotatable bonds is 0. The van der Waals surface area contributed by atoms with E-state index in [4.69, 9.17) is 15.0 Å². The van der Waals surface area contributed by atoms with Crippen LogP contribution in [0.15, 0.2) is 0 Å². The first-order valence-electron chi connectivity index (χ1n) is 1.65. The van der Waals surface area contributed by atoms with Crippen LogP contribution in [0.2, 0.25) is 0 Å². The second kappa shape index (κ2) is 7.33. The van der Waals surface area contributed by atoms with Gasteiger partial charge in [-0.25, -0.2) is 4.79 Å². The van der Waals surface area contributed by atoms with E-state index >= 15 is 0 Å². The van der Waals surface area contributed by atoms with Crippen molar-refractivity contribution in [3.63, 3.8) is 0 Å². The van der Waals surface area contributed by atoms with E-state index in [9.17, 15) is 13.2 Å². The molecule has 0 aliphatic heterocycles. The minimum atomic E-state index is -5.08. The van der Waals surface area contributed by atoms with Gasteiger partial charge in [-0.05, 0) is 0 Å². The number of carboxylic acids is 1. The molecule has 0 rings (SSSR count). The van der Waals surface area contributed by atoms with Crippen molar-refractivity contribution in [2.75, 3.05) is 7.11 Å². The Hall–Kier alpha value is 0.220. The molecule has 0 radical (unpaired) electrons. The summed E-state index contributed by atoms with van der Waals surface area (Å²) >= 11 is 0. The predicted octanol–water partition coefficient (Wildman–Crippen LogP) is -3.39. The maximum absolute atomic E-state index is 10.6. The van der Waals surface area contributed by atoms with Crippen molar-refractivity contribution in [2.45, 2.75) is 6.18 Å². The van der Waals surface area contributed by atoms with Crippen molar-refractivity contribution < 1.29 is 57.7 Å². The summed E-state index contributed by atoms with van der Waals surface area (Å²) in [5.74, 6) is -2.76. The molecular weight excluding hydrogens is 164 g/mol. The van der Waals surface area contributed by atoms with E-state index in [0.717, 1.165) is 7.11 Å². The first kappa shape index (κ1) is 16.7. The van der Waals surface area contributed by atoms with Gasteiger partial charge in [-0.2, -0.15) is 20.3 Å². The summed E-state index contributed by atoms with van der Waals surface area (Å²) < 4.78 is 31.7. The van der Waals surface area contributed by atoms with Gasteiger partial charge in [0.25, 0.3) is 0 Å². The zero-order valence-corrected chi connectivity index (χ0v) is 7.40. The number of aliphatic carboxylic acids is 1. The molecule has 0 atom stereocenters. The number of hydrogen-bond donors (Lipinski definition) is 1. The van der Waals surface area contributed by atoms with E-state index in [1.54, 1.807) is 0 Å². The number of halogens is 3. The molecule has 0 saturated heterocycles. The minimum Gasteiger partial charge on any atom is -0.857 e. The average molecular weight is 168 g/mol. The van der Waals surface area contributed by atoms with Crippen LogP contribution in [-0.4, -0.2) is 24.4 Å². The molecule has 0 spiro atoms. The molecule has 0 heterocycles. The van der Waals surface area contributed by atoms with Crippen LogP contribution in [0.1, 0.15) is 0 Å². The van der Waals surface area contributed by atoms with Gasteiger partial charge in [0.2, 0.25) is 0 Å².